The van der Waals surface area contributed by atoms with Gasteiger partial charge in [-0.25, -0.2) is 0 Å². The van der Waals surface area contributed by atoms with Gasteiger partial charge in [0.1, 0.15) is 0 Å². The van der Waals surface area contributed by atoms with E-state index in [1.807, 2.05) is 0 Å². The first kappa shape index (κ1) is 20.0. The van der Waals surface area contributed by atoms with Gasteiger partial charge >= 0.3 is 0 Å². The molecule has 1 fully saturated rings. The quantitative estimate of drug-likeness (QED) is 0.436. The summed E-state index contributed by atoms with van der Waals surface area (Å²) in [4.78, 5) is 4.34. The summed E-state index contributed by atoms with van der Waals surface area (Å²) in [5.41, 5.74) is 6.07. The molecule has 0 aromatic heterocycles. The average Bonchev–Trinajstić information content (AvgIpc) is 2.33. The van der Waals surface area contributed by atoms with Gasteiger partial charge in [-0.15, -0.1) is 24.0 Å². The van der Waals surface area contributed by atoms with Crippen molar-refractivity contribution in [3.05, 3.63) is 0 Å². The number of hydrogen-bond acceptors (Lipinski definition) is 2. The molecule has 0 amide bonds. The molecule has 5 heteroatoms. The Morgan fingerprint density at radius 1 is 1.40 bits per heavy atom. The minimum atomic E-state index is 0. The Morgan fingerprint density at radius 2 is 2.05 bits per heavy atom. The Labute approximate surface area is 141 Å². The SMILES string of the molecule is CC(C)CN=C(N)NCC1CCCOC1C(C)(C)C.I. The Balaban J connectivity index is 0.00000361. The number of aliphatic imine (C=N–C) groups is 1. The van der Waals surface area contributed by atoms with Crippen LogP contribution in [0.2, 0.25) is 0 Å². The van der Waals surface area contributed by atoms with Crippen molar-refractivity contribution in [3.63, 3.8) is 0 Å². The Hall–Kier alpha value is -0.0400. The summed E-state index contributed by atoms with van der Waals surface area (Å²) >= 11 is 0. The Bertz CT molecular complexity index is 300. The van der Waals surface area contributed by atoms with E-state index in [0.717, 1.165) is 26.1 Å². The molecule has 0 aliphatic carbocycles. The van der Waals surface area contributed by atoms with Gasteiger partial charge in [0, 0.05) is 25.6 Å². The molecule has 1 rings (SSSR count). The lowest BCUT2D eigenvalue weighted by Gasteiger charge is -2.40. The van der Waals surface area contributed by atoms with E-state index in [0.29, 0.717) is 23.9 Å². The number of rotatable bonds is 4. The van der Waals surface area contributed by atoms with Crippen LogP contribution in [0.5, 0.6) is 0 Å². The molecule has 1 saturated heterocycles. The van der Waals surface area contributed by atoms with E-state index in [2.05, 4.69) is 44.9 Å². The maximum atomic E-state index is 5.96. The zero-order chi connectivity index (χ0) is 14.5. The van der Waals surface area contributed by atoms with Crippen molar-refractivity contribution in [1.29, 1.82) is 0 Å². The molecule has 0 radical (unpaired) electrons. The fourth-order valence-electron chi connectivity index (χ4n) is 2.58. The maximum Gasteiger partial charge on any atom is 0.188 e. The van der Waals surface area contributed by atoms with Gasteiger partial charge in [-0.05, 0) is 24.2 Å². The second-order valence-corrected chi connectivity index (χ2v) is 7.06. The van der Waals surface area contributed by atoms with Crippen LogP contribution in [-0.4, -0.2) is 31.8 Å². The molecular formula is C15H32IN3O. The normalized spacial score (nSPS) is 24.4. The first-order chi connectivity index (χ1) is 8.80. The molecule has 3 N–H and O–H groups in total. The third-order valence-electron chi connectivity index (χ3n) is 3.47. The van der Waals surface area contributed by atoms with Gasteiger partial charge in [0.15, 0.2) is 5.96 Å². The molecular weight excluding hydrogens is 365 g/mol. The third-order valence-corrected chi connectivity index (χ3v) is 3.47. The van der Waals surface area contributed by atoms with E-state index in [1.54, 1.807) is 0 Å². The first-order valence-corrected chi connectivity index (χ1v) is 7.46. The maximum absolute atomic E-state index is 5.96. The first-order valence-electron chi connectivity index (χ1n) is 7.46. The molecule has 1 heterocycles. The highest BCUT2D eigenvalue weighted by Crippen LogP contribution is 2.33. The Morgan fingerprint density at radius 3 is 2.60 bits per heavy atom. The van der Waals surface area contributed by atoms with E-state index in [1.165, 1.54) is 6.42 Å². The van der Waals surface area contributed by atoms with E-state index in [9.17, 15) is 0 Å². The number of nitrogens with two attached hydrogens (primary N) is 1. The molecule has 0 bridgehead atoms. The van der Waals surface area contributed by atoms with E-state index in [4.69, 9.17) is 10.5 Å². The summed E-state index contributed by atoms with van der Waals surface area (Å²) in [6, 6.07) is 0. The van der Waals surface area contributed by atoms with Crippen molar-refractivity contribution in [2.45, 2.75) is 53.6 Å². The topological polar surface area (TPSA) is 59.6 Å². The fraction of sp³-hybridized carbons (Fsp3) is 0.933. The highest BCUT2D eigenvalue weighted by molar-refractivity contribution is 14.0. The zero-order valence-electron chi connectivity index (χ0n) is 13.6. The number of guanidine groups is 1. The van der Waals surface area contributed by atoms with Crippen LogP contribution < -0.4 is 11.1 Å². The summed E-state index contributed by atoms with van der Waals surface area (Å²) in [6.45, 7) is 13.5. The van der Waals surface area contributed by atoms with E-state index in [-0.39, 0.29) is 29.4 Å². The second kappa shape index (κ2) is 9.07. The van der Waals surface area contributed by atoms with Crippen LogP contribution in [0, 0.1) is 17.3 Å². The molecule has 20 heavy (non-hydrogen) atoms. The van der Waals surface area contributed by atoms with Crippen LogP contribution in [0.3, 0.4) is 0 Å². The molecule has 0 saturated carbocycles. The number of hydrogen-bond donors (Lipinski definition) is 2. The minimum absolute atomic E-state index is 0. The molecule has 2 atom stereocenters. The van der Waals surface area contributed by atoms with E-state index < -0.39 is 0 Å². The average molecular weight is 397 g/mol. The van der Waals surface area contributed by atoms with Crippen LogP contribution in [0.4, 0.5) is 0 Å². The molecule has 0 aromatic rings. The molecule has 120 valence electrons. The third kappa shape index (κ3) is 7.11. The van der Waals surface area contributed by atoms with Crippen molar-refractivity contribution in [3.8, 4) is 0 Å². The van der Waals surface area contributed by atoms with Crippen molar-refractivity contribution in [2.24, 2.45) is 28.0 Å². The number of halogens is 1. The lowest BCUT2D eigenvalue weighted by molar-refractivity contribution is -0.0835. The van der Waals surface area contributed by atoms with Crippen LogP contribution >= 0.6 is 24.0 Å². The van der Waals surface area contributed by atoms with Crippen molar-refractivity contribution in [2.75, 3.05) is 19.7 Å². The molecule has 4 nitrogen and oxygen atoms in total. The number of nitrogens with one attached hydrogen (secondary N) is 1. The minimum Gasteiger partial charge on any atom is -0.377 e. The van der Waals surface area contributed by atoms with Crippen LogP contribution in [-0.2, 0) is 4.74 Å². The van der Waals surface area contributed by atoms with Gasteiger partial charge in [0.2, 0.25) is 0 Å². The standard InChI is InChI=1S/C15H31N3O.HI/c1-11(2)9-17-14(16)18-10-12-7-6-8-19-13(12)15(3,4)5;/h11-13H,6-10H2,1-5H3,(H3,16,17,18);1H. The smallest absolute Gasteiger partial charge is 0.188 e. The van der Waals surface area contributed by atoms with Gasteiger partial charge < -0.3 is 15.8 Å². The van der Waals surface area contributed by atoms with Crippen LogP contribution in [0.15, 0.2) is 4.99 Å². The predicted molar refractivity (Wildman–Crippen MR) is 96.7 cm³/mol. The fourth-order valence-corrected chi connectivity index (χ4v) is 2.58. The van der Waals surface area contributed by atoms with Gasteiger partial charge in [-0.2, -0.15) is 0 Å². The van der Waals surface area contributed by atoms with Gasteiger partial charge in [0.05, 0.1) is 6.10 Å². The summed E-state index contributed by atoms with van der Waals surface area (Å²) in [5, 5.41) is 3.26. The van der Waals surface area contributed by atoms with Crippen LogP contribution in [0.25, 0.3) is 0 Å². The molecule has 2 unspecified atom stereocenters. The summed E-state index contributed by atoms with van der Waals surface area (Å²) in [5.74, 6) is 1.62. The number of nitrogens with zero attached hydrogens (tertiary/aromatic N) is 1. The van der Waals surface area contributed by atoms with Crippen LogP contribution in [0.1, 0.15) is 47.5 Å². The summed E-state index contributed by atoms with van der Waals surface area (Å²) < 4.78 is 5.96. The predicted octanol–water partition coefficient (Wildman–Crippen LogP) is 3.01. The molecule has 0 aromatic carbocycles. The largest absolute Gasteiger partial charge is 0.377 e. The second-order valence-electron chi connectivity index (χ2n) is 7.06. The van der Waals surface area contributed by atoms with Gasteiger partial charge in [0.25, 0.3) is 0 Å². The summed E-state index contributed by atoms with van der Waals surface area (Å²) in [6.07, 6.45) is 2.64. The van der Waals surface area contributed by atoms with Crippen molar-refractivity contribution in [1.82, 2.24) is 5.32 Å². The molecule has 1 aliphatic heterocycles. The van der Waals surface area contributed by atoms with Crippen molar-refractivity contribution >= 4 is 29.9 Å². The molecule has 0 spiro atoms. The lowest BCUT2D eigenvalue weighted by atomic mass is 9.78. The summed E-state index contributed by atoms with van der Waals surface area (Å²) in [7, 11) is 0. The van der Waals surface area contributed by atoms with Gasteiger partial charge in [-0.3, -0.25) is 4.99 Å². The van der Waals surface area contributed by atoms with Gasteiger partial charge in [-0.1, -0.05) is 34.6 Å². The van der Waals surface area contributed by atoms with E-state index >= 15 is 0 Å². The monoisotopic (exact) mass is 397 g/mol. The Kier molecular flexibility index (Phi) is 9.06. The zero-order valence-corrected chi connectivity index (χ0v) is 15.9. The highest BCUT2D eigenvalue weighted by atomic mass is 127. The highest BCUT2D eigenvalue weighted by Gasteiger charge is 2.35. The number of ether oxygens (including phenoxy) is 1. The lowest BCUT2D eigenvalue weighted by Crippen LogP contribution is -2.46. The van der Waals surface area contributed by atoms with Crippen molar-refractivity contribution < 1.29 is 4.74 Å². The molecule has 1 aliphatic rings.